The van der Waals surface area contributed by atoms with Crippen LogP contribution in [0.3, 0.4) is 0 Å². The van der Waals surface area contributed by atoms with Crippen LogP contribution < -0.4 is 0 Å². The molecular formula is C12H20N2O2S. The van der Waals surface area contributed by atoms with E-state index in [1.165, 1.54) is 0 Å². The Morgan fingerprint density at radius 2 is 2.41 bits per heavy atom. The molecule has 96 valence electrons. The van der Waals surface area contributed by atoms with Gasteiger partial charge in [-0.2, -0.15) is 0 Å². The third kappa shape index (κ3) is 2.85. The molecule has 0 spiro atoms. The predicted molar refractivity (Wildman–Crippen MR) is 68.0 cm³/mol. The molecule has 0 amide bonds. The average Bonchev–Trinajstić information content (AvgIpc) is 2.70. The highest BCUT2D eigenvalue weighted by atomic mass is 32.1. The van der Waals surface area contributed by atoms with E-state index >= 15 is 0 Å². The van der Waals surface area contributed by atoms with Gasteiger partial charge < -0.3 is 10.2 Å². The zero-order valence-electron chi connectivity index (χ0n) is 10.4. The highest BCUT2D eigenvalue weighted by Gasteiger charge is 2.38. The molecule has 2 atom stereocenters. The molecule has 1 aliphatic heterocycles. The Morgan fingerprint density at radius 1 is 1.65 bits per heavy atom. The van der Waals surface area contributed by atoms with Gasteiger partial charge in [-0.3, -0.25) is 4.90 Å². The molecule has 0 aromatic carbocycles. The van der Waals surface area contributed by atoms with Crippen molar-refractivity contribution in [3.63, 3.8) is 0 Å². The van der Waals surface area contributed by atoms with Crippen LogP contribution in [-0.2, 0) is 6.54 Å². The van der Waals surface area contributed by atoms with Crippen molar-refractivity contribution in [2.45, 2.75) is 44.9 Å². The number of aliphatic hydroxyl groups excluding tert-OH is 1. The monoisotopic (exact) mass is 256 g/mol. The summed E-state index contributed by atoms with van der Waals surface area (Å²) < 4.78 is 0. The quantitative estimate of drug-likeness (QED) is 0.852. The third-order valence-corrected chi connectivity index (χ3v) is 4.40. The fourth-order valence-corrected chi connectivity index (χ4v) is 2.89. The fourth-order valence-electron chi connectivity index (χ4n) is 2.29. The molecule has 1 aliphatic rings. The van der Waals surface area contributed by atoms with Crippen LogP contribution >= 0.6 is 11.3 Å². The summed E-state index contributed by atoms with van der Waals surface area (Å²) in [5.41, 5.74) is 0.163. The second-order valence-corrected chi connectivity index (χ2v) is 5.88. The van der Waals surface area contributed by atoms with Gasteiger partial charge >= 0.3 is 0 Å². The number of aryl methyl sites for hydroxylation is 1. The normalized spacial score (nSPS) is 30.7. The molecule has 2 N–H and O–H groups in total. The average molecular weight is 256 g/mol. The standard InChI is InChI=1S/C12H20N2O2S/c1-3-12(16)4-5-14(7-11(12)15)6-10-8-17-9(2)13-10/h8,11,15-16H,3-7H2,1-2H3/t11-,12-/m1/s1. The maximum absolute atomic E-state index is 10.1. The first-order valence-electron chi connectivity index (χ1n) is 6.07. The lowest BCUT2D eigenvalue weighted by atomic mass is 9.86. The first-order valence-corrected chi connectivity index (χ1v) is 6.95. The molecule has 4 nitrogen and oxygen atoms in total. The van der Waals surface area contributed by atoms with Gasteiger partial charge in [-0.25, -0.2) is 4.98 Å². The smallest absolute Gasteiger partial charge is 0.0954 e. The molecule has 1 aromatic heterocycles. The zero-order valence-corrected chi connectivity index (χ0v) is 11.2. The van der Waals surface area contributed by atoms with Crippen molar-refractivity contribution in [2.75, 3.05) is 13.1 Å². The molecule has 2 rings (SSSR count). The third-order valence-electron chi connectivity index (χ3n) is 3.58. The van der Waals surface area contributed by atoms with Gasteiger partial charge in [0.15, 0.2) is 0 Å². The summed E-state index contributed by atoms with van der Waals surface area (Å²) in [6.07, 6.45) is 0.590. The van der Waals surface area contributed by atoms with Crippen LogP contribution in [0.4, 0.5) is 0 Å². The highest BCUT2D eigenvalue weighted by molar-refractivity contribution is 7.09. The van der Waals surface area contributed by atoms with E-state index in [1.54, 1.807) is 11.3 Å². The summed E-state index contributed by atoms with van der Waals surface area (Å²) in [5.74, 6) is 0. The molecule has 0 saturated carbocycles. The number of thiazole rings is 1. The predicted octanol–water partition coefficient (Wildman–Crippen LogP) is 1.16. The molecule has 2 heterocycles. The number of hydrogen-bond acceptors (Lipinski definition) is 5. The van der Waals surface area contributed by atoms with Crippen LogP contribution in [0, 0.1) is 6.92 Å². The van der Waals surface area contributed by atoms with Crippen molar-refractivity contribution in [2.24, 2.45) is 0 Å². The van der Waals surface area contributed by atoms with Crippen LogP contribution in [0.5, 0.6) is 0 Å². The fraction of sp³-hybridized carbons (Fsp3) is 0.750. The number of piperidine rings is 1. The van der Waals surface area contributed by atoms with Gasteiger partial charge in [-0.15, -0.1) is 11.3 Å². The summed E-state index contributed by atoms with van der Waals surface area (Å²) >= 11 is 1.65. The van der Waals surface area contributed by atoms with Crippen LogP contribution in [0.25, 0.3) is 0 Å². The Labute approximate surface area is 106 Å². The Bertz CT molecular complexity index is 382. The first-order chi connectivity index (χ1) is 8.03. The number of nitrogens with zero attached hydrogens (tertiary/aromatic N) is 2. The molecule has 5 heteroatoms. The lowest BCUT2D eigenvalue weighted by molar-refractivity contribution is -0.122. The molecule has 0 aliphatic carbocycles. The van der Waals surface area contributed by atoms with Crippen LogP contribution in [0.1, 0.15) is 30.5 Å². The van der Waals surface area contributed by atoms with Crippen molar-refractivity contribution in [3.8, 4) is 0 Å². The highest BCUT2D eigenvalue weighted by Crippen LogP contribution is 2.26. The maximum atomic E-state index is 10.1. The van der Waals surface area contributed by atoms with E-state index in [2.05, 4.69) is 15.3 Å². The molecule has 0 bridgehead atoms. The minimum atomic E-state index is -0.894. The lowest BCUT2D eigenvalue weighted by Gasteiger charge is -2.41. The first kappa shape index (κ1) is 13.0. The van der Waals surface area contributed by atoms with Gasteiger partial charge in [0.25, 0.3) is 0 Å². The summed E-state index contributed by atoms with van der Waals surface area (Å²) in [5, 5.41) is 23.2. The molecule has 1 aromatic rings. The van der Waals surface area contributed by atoms with Crippen molar-refractivity contribution >= 4 is 11.3 Å². The lowest BCUT2D eigenvalue weighted by Crippen LogP contribution is -2.54. The van der Waals surface area contributed by atoms with Crippen molar-refractivity contribution < 1.29 is 10.2 Å². The Balaban J connectivity index is 1.94. The number of aliphatic hydroxyl groups is 2. The number of rotatable bonds is 3. The SMILES string of the molecule is CC[C@@]1(O)CCN(Cc2csc(C)n2)C[C@H]1O. The van der Waals surface area contributed by atoms with Crippen LogP contribution in [0.15, 0.2) is 5.38 Å². The van der Waals surface area contributed by atoms with E-state index < -0.39 is 11.7 Å². The summed E-state index contributed by atoms with van der Waals surface area (Å²) in [6.45, 7) is 6.03. The summed E-state index contributed by atoms with van der Waals surface area (Å²) in [4.78, 5) is 6.58. The minimum absolute atomic E-state index is 0.529. The van der Waals surface area contributed by atoms with E-state index in [4.69, 9.17) is 0 Å². The van der Waals surface area contributed by atoms with E-state index in [1.807, 2.05) is 13.8 Å². The second kappa shape index (κ2) is 5.02. The van der Waals surface area contributed by atoms with Crippen molar-refractivity contribution in [1.82, 2.24) is 9.88 Å². The van der Waals surface area contributed by atoms with Gasteiger partial charge in [-0.1, -0.05) is 6.92 Å². The number of aromatic nitrogens is 1. The Kier molecular flexibility index (Phi) is 3.82. The minimum Gasteiger partial charge on any atom is -0.389 e. The molecule has 0 radical (unpaired) electrons. The zero-order chi connectivity index (χ0) is 12.5. The molecule has 1 fully saturated rings. The van der Waals surface area contributed by atoms with Crippen LogP contribution in [0.2, 0.25) is 0 Å². The topological polar surface area (TPSA) is 56.6 Å². The van der Waals surface area contributed by atoms with Gasteiger partial charge in [0.05, 0.1) is 22.4 Å². The number of likely N-dealkylation sites (tertiary alicyclic amines) is 1. The number of hydrogen-bond donors (Lipinski definition) is 2. The molecule has 1 saturated heterocycles. The van der Waals surface area contributed by atoms with Crippen molar-refractivity contribution in [3.05, 3.63) is 16.1 Å². The van der Waals surface area contributed by atoms with Crippen molar-refractivity contribution in [1.29, 1.82) is 0 Å². The Morgan fingerprint density at radius 3 is 2.94 bits per heavy atom. The van der Waals surface area contributed by atoms with E-state index in [-0.39, 0.29) is 0 Å². The van der Waals surface area contributed by atoms with Gasteiger partial charge in [0.1, 0.15) is 0 Å². The van der Waals surface area contributed by atoms with E-state index in [9.17, 15) is 10.2 Å². The van der Waals surface area contributed by atoms with Gasteiger partial charge in [0, 0.05) is 25.0 Å². The molecule has 0 unspecified atom stereocenters. The largest absolute Gasteiger partial charge is 0.389 e. The van der Waals surface area contributed by atoms with Gasteiger partial charge in [0.2, 0.25) is 0 Å². The summed E-state index contributed by atoms with van der Waals surface area (Å²) in [6, 6.07) is 0. The Hall–Kier alpha value is -0.490. The van der Waals surface area contributed by atoms with Crippen LogP contribution in [-0.4, -0.2) is 44.9 Å². The van der Waals surface area contributed by atoms with Gasteiger partial charge in [-0.05, 0) is 19.8 Å². The molecular weight excluding hydrogens is 236 g/mol. The maximum Gasteiger partial charge on any atom is 0.0954 e. The van der Waals surface area contributed by atoms with E-state index in [0.29, 0.717) is 19.4 Å². The molecule has 17 heavy (non-hydrogen) atoms. The van der Waals surface area contributed by atoms with E-state index in [0.717, 1.165) is 23.8 Å². The summed E-state index contributed by atoms with van der Waals surface area (Å²) in [7, 11) is 0. The number of β-amino-alcohol motifs (C(OH)–C–C–N with tert-alkyl or cyclic N) is 1. The second-order valence-electron chi connectivity index (χ2n) is 4.82.